The Morgan fingerprint density at radius 2 is 1.94 bits per heavy atom. The van der Waals surface area contributed by atoms with E-state index in [1.54, 1.807) is 0 Å². The van der Waals surface area contributed by atoms with E-state index in [-0.39, 0.29) is 6.10 Å². The van der Waals surface area contributed by atoms with E-state index in [9.17, 15) is 5.11 Å². The minimum absolute atomic E-state index is 0.340. The molecule has 1 atom stereocenters. The van der Waals surface area contributed by atoms with Crippen LogP contribution >= 0.6 is 0 Å². The quantitative estimate of drug-likeness (QED) is 0.874. The smallest absolute Gasteiger partial charge is 0.0983 e. The maximum absolute atomic E-state index is 10.5. The Labute approximate surface area is 104 Å². The first kappa shape index (κ1) is 12.6. The van der Waals surface area contributed by atoms with Gasteiger partial charge in [0.25, 0.3) is 0 Å². The van der Waals surface area contributed by atoms with E-state index in [0.29, 0.717) is 12.0 Å². The Bertz CT molecular complexity index is 351. The van der Waals surface area contributed by atoms with E-state index in [1.807, 2.05) is 12.5 Å². The van der Waals surface area contributed by atoms with Gasteiger partial charge >= 0.3 is 0 Å². The Kier molecular flexibility index (Phi) is 3.87. The molecular weight excluding hydrogens is 212 g/mol. The minimum atomic E-state index is -0.340. The largest absolute Gasteiger partial charge is 0.387 e. The van der Waals surface area contributed by atoms with Crippen molar-refractivity contribution >= 4 is 0 Å². The van der Waals surface area contributed by atoms with Gasteiger partial charge < -0.3 is 9.67 Å². The summed E-state index contributed by atoms with van der Waals surface area (Å²) in [6.45, 7) is 6.56. The fraction of sp³-hybridized carbons (Fsp3) is 0.786. The molecule has 0 spiro atoms. The second-order valence-electron chi connectivity index (χ2n) is 5.78. The van der Waals surface area contributed by atoms with Crippen molar-refractivity contribution in [3.05, 3.63) is 18.2 Å². The molecule has 3 heteroatoms. The van der Waals surface area contributed by atoms with E-state index in [0.717, 1.165) is 24.5 Å². The van der Waals surface area contributed by atoms with Crippen molar-refractivity contribution in [3.63, 3.8) is 0 Å². The van der Waals surface area contributed by atoms with Crippen LogP contribution in [0.25, 0.3) is 0 Å². The predicted molar refractivity (Wildman–Crippen MR) is 68.7 cm³/mol. The second-order valence-corrected chi connectivity index (χ2v) is 5.78. The van der Waals surface area contributed by atoms with Crippen molar-refractivity contribution in [1.82, 2.24) is 9.55 Å². The number of rotatable bonds is 3. The van der Waals surface area contributed by atoms with Crippen LogP contribution in [0.15, 0.2) is 12.5 Å². The van der Waals surface area contributed by atoms with Crippen LogP contribution in [-0.4, -0.2) is 14.7 Å². The predicted octanol–water partition coefficient (Wildman–Crippen LogP) is 3.32. The van der Waals surface area contributed by atoms with Gasteiger partial charge in [-0.3, -0.25) is 0 Å². The molecule has 0 aromatic carbocycles. The molecule has 17 heavy (non-hydrogen) atoms. The monoisotopic (exact) mass is 236 g/mol. The average molecular weight is 236 g/mol. The van der Waals surface area contributed by atoms with Crippen LogP contribution in [0, 0.1) is 11.8 Å². The SMILES string of the molecule is CC1CCC(C(O)c2cncn2C(C)C)CC1. The van der Waals surface area contributed by atoms with Gasteiger partial charge in [-0.1, -0.05) is 19.8 Å². The fourth-order valence-electron chi connectivity index (χ4n) is 2.82. The molecule has 1 aliphatic rings. The first-order valence-corrected chi connectivity index (χ1v) is 6.79. The molecule has 0 aliphatic heterocycles. The Hall–Kier alpha value is -0.830. The summed E-state index contributed by atoms with van der Waals surface area (Å²) in [5, 5.41) is 10.5. The van der Waals surface area contributed by atoms with Crippen LogP contribution in [0.2, 0.25) is 0 Å². The highest BCUT2D eigenvalue weighted by Gasteiger charge is 2.27. The zero-order valence-corrected chi connectivity index (χ0v) is 11.1. The van der Waals surface area contributed by atoms with Gasteiger partial charge in [0.2, 0.25) is 0 Å². The molecule has 1 fully saturated rings. The van der Waals surface area contributed by atoms with Crippen molar-refractivity contribution in [2.45, 2.75) is 58.6 Å². The van der Waals surface area contributed by atoms with E-state index in [1.165, 1.54) is 12.8 Å². The van der Waals surface area contributed by atoms with Crippen LogP contribution < -0.4 is 0 Å². The molecule has 0 radical (unpaired) electrons. The van der Waals surface area contributed by atoms with Crippen LogP contribution in [0.5, 0.6) is 0 Å². The van der Waals surface area contributed by atoms with Crippen molar-refractivity contribution in [1.29, 1.82) is 0 Å². The molecule has 1 saturated carbocycles. The lowest BCUT2D eigenvalue weighted by Gasteiger charge is -2.30. The maximum atomic E-state index is 10.5. The number of nitrogens with zero attached hydrogens (tertiary/aromatic N) is 2. The highest BCUT2D eigenvalue weighted by Crippen LogP contribution is 2.36. The molecule has 0 saturated heterocycles. The number of hydrogen-bond donors (Lipinski definition) is 1. The van der Waals surface area contributed by atoms with Gasteiger partial charge in [0, 0.05) is 6.04 Å². The van der Waals surface area contributed by atoms with Gasteiger partial charge in [0.15, 0.2) is 0 Å². The zero-order chi connectivity index (χ0) is 12.4. The number of imidazole rings is 1. The standard InChI is InChI=1S/C14H24N2O/c1-10(2)16-9-15-8-13(16)14(17)12-6-4-11(3)5-7-12/h8-12,14,17H,4-7H2,1-3H3. The normalized spacial score (nSPS) is 27.4. The summed E-state index contributed by atoms with van der Waals surface area (Å²) in [5.74, 6) is 1.24. The maximum Gasteiger partial charge on any atom is 0.0983 e. The van der Waals surface area contributed by atoms with Gasteiger partial charge in [-0.15, -0.1) is 0 Å². The molecule has 1 N–H and O–H groups in total. The molecule has 1 aliphatic carbocycles. The van der Waals surface area contributed by atoms with Gasteiger partial charge in [-0.2, -0.15) is 0 Å². The molecule has 3 nitrogen and oxygen atoms in total. The van der Waals surface area contributed by atoms with Gasteiger partial charge in [0.1, 0.15) is 0 Å². The van der Waals surface area contributed by atoms with E-state index in [4.69, 9.17) is 0 Å². The number of aliphatic hydroxyl groups excluding tert-OH is 1. The topological polar surface area (TPSA) is 38.1 Å². The van der Waals surface area contributed by atoms with Crippen LogP contribution in [-0.2, 0) is 0 Å². The van der Waals surface area contributed by atoms with Crippen molar-refractivity contribution in [3.8, 4) is 0 Å². The number of aliphatic hydroxyl groups is 1. The fourth-order valence-corrected chi connectivity index (χ4v) is 2.82. The Balaban J connectivity index is 2.08. The minimum Gasteiger partial charge on any atom is -0.387 e. The summed E-state index contributed by atoms with van der Waals surface area (Å²) >= 11 is 0. The van der Waals surface area contributed by atoms with Gasteiger partial charge in [-0.25, -0.2) is 4.98 Å². The lowest BCUT2D eigenvalue weighted by Crippen LogP contribution is -2.21. The summed E-state index contributed by atoms with van der Waals surface area (Å²) in [4.78, 5) is 4.18. The molecule has 1 heterocycles. The molecule has 0 amide bonds. The molecule has 96 valence electrons. The van der Waals surface area contributed by atoms with Crippen LogP contribution in [0.1, 0.15) is 64.3 Å². The average Bonchev–Trinajstić information content (AvgIpc) is 2.78. The lowest BCUT2D eigenvalue weighted by atomic mass is 9.79. The molecule has 1 aromatic rings. The van der Waals surface area contributed by atoms with Crippen molar-refractivity contribution in [2.24, 2.45) is 11.8 Å². The molecule has 2 rings (SSSR count). The van der Waals surface area contributed by atoms with Gasteiger partial charge in [0.05, 0.1) is 24.3 Å². The zero-order valence-electron chi connectivity index (χ0n) is 11.1. The Morgan fingerprint density at radius 1 is 1.29 bits per heavy atom. The van der Waals surface area contributed by atoms with Crippen LogP contribution in [0.3, 0.4) is 0 Å². The first-order valence-electron chi connectivity index (χ1n) is 6.79. The van der Waals surface area contributed by atoms with Crippen molar-refractivity contribution in [2.75, 3.05) is 0 Å². The Morgan fingerprint density at radius 3 is 2.53 bits per heavy atom. The first-order chi connectivity index (χ1) is 8.09. The van der Waals surface area contributed by atoms with Crippen LogP contribution in [0.4, 0.5) is 0 Å². The number of hydrogen-bond acceptors (Lipinski definition) is 2. The molecular formula is C14H24N2O. The summed E-state index contributed by atoms with van der Waals surface area (Å²) in [7, 11) is 0. The van der Waals surface area contributed by atoms with Crippen molar-refractivity contribution < 1.29 is 5.11 Å². The van der Waals surface area contributed by atoms with E-state index >= 15 is 0 Å². The third kappa shape index (κ3) is 2.71. The van der Waals surface area contributed by atoms with E-state index < -0.39 is 0 Å². The highest BCUT2D eigenvalue weighted by atomic mass is 16.3. The summed E-state index contributed by atoms with van der Waals surface area (Å²) < 4.78 is 2.09. The molecule has 1 aromatic heterocycles. The number of aromatic nitrogens is 2. The highest BCUT2D eigenvalue weighted by molar-refractivity contribution is 5.06. The van der Waals surface area contributed by atoms with E-state index in [2.05, 4.69) is 30.3 Å². The molecule has 0 bridgehead atoms. The lowest BCUT2D eigenvalue weighted by molar-refractivity contribution is 0.0682. The third-order valence-electron chi connectivity index (χ3n) is 4.06. The third-order valence-corrected chi connectivity index (χ3v) is 4.06. The summed E-state index contributed by atoms with van der Waals surface area (Å²) in [6, 6.07) is 0.365. The summed E-state index contributed by atoms with van der Waals surface area (Å²) in [5.41, 5.74) is 0.986. The second kappa shape index (κ2) is 5.21. The molecule has 1 unspecified atom stereocenters. The summed E-state index contributed by atoms with van der Waals surface area (Å²) in [6.07, 6.45) is 8.09. The van der Waals surface area contributed by atoms with Gasteiger partial charge in [-0.05, 0) is 38.5 Å².